The van der Waals surface area contributed by atoms with Crippen molar-refractivity contribution in [3.8, 4) is 0 Å². The van der Waals surface area contributed by atoms with Crippen molar-refractivity contribution >= 4 is 35.2 Å². The second-order valence-corrected chi connectivity index (χ2v) is 7.80. The van der Waals surface area contributed by atoms with Crippen molar-refractivity contribution in [3.63, 3.8) is 0 Å². The zero-order valence-electron chi connectivity index (χ0n) is 14.2. The third-order valence-electron chi connectivity index (χ3n) is 4.17. The largest absolute Gasteiger partial charge is 0.272 e. The molecule has 1 atom stereocenters. The molecule has 1 saturated carbocycles. The first-order valence-corrected chi connectivity index (χ1v) is 9.60. The summed E-state index contributed by atoms with van der Waals surface area (Å²) in [5.74, 6) is -0.778. The van der Waals surface area contributed by atoms with Crippen molar-refractivity contribution in [2.45, 2.75) is 49.1 Å². The van der Waals surface area contributed by atoms with Gasteiger partial charge in [-0.3, -0.25) is 20.4 Å². The number of hydrazine groups is 1. The third kappa shape index (κ3) is 4.53. The molecule has 1 fully saturated rings. The van der Waals surface area contributed by atoms with Gasteiger partial charge in [-0.05, 0) is 48.4 Å². The summed E-state index contributed by atoms with van der Waals surface area (Å²) in [7, 11) is 0. The summed E-state index contributed by atoms with van der Waals surface area (Å²) in [5.41, 5.74) is 5.17. The van der Waals surface area contributed by atoms with E-state index in [2.05, 4.69) is 26.4 Å². The van der Waals surface area contributed by atoms with Gasteiger partial charge in [-0.1, -0.05) is 42.3 Å². The number of tetrazole rings is 1. The molecule has 0 aliphatic heterocycles. The lowest BCUT2D eigenvalue weighted by atomic mass is 10.2. The van der Waals surface area contributed by atoms with Gasteiger partial charge in [0.05, 0.1) is 11.3 Å². The number of thioether (sulfide) groups is 1. The fourth-order valence-corrected chi connectivity index (χ4v) is 3.82. The topological polar surface area (TPSA) is 102 Å². The number of amides is 2. The second-order valence-electron chi connectivity index (χ2n) is 6.06. The van der Waals surface area contributed by atoms with E-state index in [1.165, 1.54) is 30.7 Å². The molecule has 26 heavy (non-hydrogen) atoms. The van der Waals surface area contributed by atoms with Gasteiger partial charge in [0.2, 0.25) is 5.16 Å². The zero-order valence-corrected chi connectivity index (χ0v) is 15.8. The molecule has 1 aromatic carbocycles. The molecule has 1 aliphatic carbocycles. The minimum atomic E-state index is -0.471. The average Bonchev–Trinajstić information content (AvgIpc) is 3.30. The van der Waals surface area contributed by atoms with Gasteiger partial charge in [0.25, 0.3) is 11.8 Å². The van der Waals surface area contributed by atoms with Crippen LogP contribution in [0.4, 0.5) is 0 Å². The van der Waals surface area contributed by atoms with Crippen LogP contribution in [0.1, 0.15) is 49.0 Å². The molecule has 8 nitrogen and oxygen atoms in total. The van der Waals surface area contributed by atoms with E-state index in [0.29, 0.717) is 21.8 Å². The van der Waals surface area contributed by atoms with Crippen LogP contribution in [0, 0.1) is 0 Å². The highest BCUT2D eigenvalue weighted by Gasteiger charge is 2.24. The highest BCUT2D eigenvalue weighted by Crippen LogP contribution is 2.32. The predicted molar refractivity (Wildman–Crippen MR) is 97.7 cm³/mol. The van der Waals surface area contributed by atoms with Gasteiger partial charge in [-0.15, -0.1) is 5.10 Å². The number of halogens is 1. The smallest absolute Gasteiger partial charge is 0.269 e. The Morgan fingerprint density at radius 1 is 1.31 bits per heavy atom. The number of carbonyl (C=O) groups excluding carboxylic acids is 2. The number of rotatable bonds is 5. The lowest BCUT2D eigenvalue weighted by molar-refractivity contribution is -0.121. The molecule has 138 valence electrons. The number of benzene rings is 1. The van der Waals surface area contributed by atoms with Crippen LogP contribution in [0.5, 0.6) is 0 Å². The molecule has 2 amide bonds. The SMILES string of the molecule is C[C@@H](Sc1nnnn1C1CCCC1)C(=O)NNC(=O)c1cccc(Cl)c1. The van der Waals surface area contributed by atoms with E-state index in [4.69, 9.17) is 11.6 Å². The monoisotopic (exact) mass is 394 g/mol. The first-order valence-electron chi connectivity index (χ1n) is 8.35. The van der Waals surface area contributed by atoms with Gasteiger partial charge >= 0.3 is 0 Å². The van der Waals surface area contributed by atoms with E-state index in [-0.39, 0.29) is 5.91 Å². The first-order chi connectivity index (χ1) is 12.5. The Labute approximate surface area is 160 Å². The molecular formula is C16H19ClN6O2S. The van der Waals surface area contributed by atoms with Gasteiger partial charge < -0.3 is 0 Å². The lowest BCUT2D eigenvalue weighted by Gasteiger charge is -2.14. The van der Waals surface area contributed by atoms with E-state index in [9.17, 15) is 9.59 Å². The maximum absolute atomic E-state index is 12.3. The second kappa shape index (κ2) is 8.50. The maximum Gasteiger partial charge on any atom is 0.269 e. The number of nitrogens with zero attached hydrogens (tertiary/aromatic N) is 4. The Morgan fingerprint density at radius 2 is 2.08 bits per heavy atom. The first kappa shape index (κ1) is 18.7. The number of nitrogens with one attached hydrogen (secondary N) is 2. The molecule has 2 N–H and O–H groups in total. The Bertz CT molecular complexity index is 793. The van der Waals surface area contributed by atoms with E-state index in [1.807, 2.05) is 0 Å². The van der Waals surface area contributed by atoms with Gasteiger partial charge in [0.15, 0.2) is 0 Å². The summed E-state index contributed by atoms with van der Waals surface area (Å²) < 4.78 is 1.80. The van der Waals surface area contributed by atoms with Crippen LogP contribution in [-0.2, 0) is 4.79 Å². The number of aromatic nitrogens is 4. The van der Waals surface area contributed by atoms with Crippen molar-refractivity contribution in [2.24, 2.45) is 0 Å². The highest BCUT2D eigenvalue weighted by atomic mass is 35.5. The van der Waals surface area contributed by atoms with Gasteiger partial charge in [0, 0.05) is 10.6 Å². The Kier molecular flexibility index (Phi) is 6.10. The van der Waals surface area contributed by atoms with Crippen molar-refractivity contribution in [2.75, 3.05) is 0 Å². The van der Waals surface area contributed by atoms with E-state index in [0.717, 1.165) is 12.8 Å². The highest BCUT2D eigenvalue weighted by molar-refractivity contribution is 8.00. The number of hydrogen-bond donors (Lipinski definition) is 2. The molecule has 0 spiro atoms. The fraction of sp³-hybridized carbons (Fsp3) is 0.438. The van der Waals surface area contributed by atoms with E-state index < -0.39 is 11.2 Å². The van der Waals surface area contributed by atoms with Gasteiger partial charge in [-0.25, -0.2) is 4.68 Å². The summed E-state index contributed by atoms with van der Waals surface area (Å²) in [6.45, 7) is 1.74. The summed E-state index contributed by atoms with van der Waals surface area (Å²) in [4.78, 5) is 24.3. The molecule has 10 heteroatoms. The molecule has 3 rings (SSSR count). The molecule has 2 aromatic rings. The molecular weight excluding hydrogens is 376 g/mol. The normalized spacial score (nSPS) is 15.6. The summed E-state index contributed by atoms with van der Waals surface area (Å²) in [5, 5.41) is 12.4. The minimum Gasteiger partial charge on any atom is -0.272 e. The molecule has 1 aromatic heterocycles. The van der Waals surface area contributed by atoms with Crippen LogP contribution in [0.15, 0.2) is 29.4 Å². The van der Waals surface area contributed by atoms with Crippen LogP contribution in [0.25, 0.3) is 0 Å². The molecule has 1 aliphatic rings. The van der Waals surface area contributed by atoms with Crippen LogP contribution >= 0.6 is 23.4 Å². The molecule has 0 bridgehead atoms. The van der Waals surface area contributed by atoms with Crippen molar-refractivity contribution in [3.05, 3.63) is 34.9 Å². The fourth-order valence-electron chi connectivity index (χ4n) is 2.77. The molecule has 1 heterocycles. The number of carbonyl (C=O) groups is 2. The van der Waals surface area contributed by atoms with Crippen molar-refractivity contribution in [1.29, 1.82) is 0 Å². The third-order valence-corrected chi connectivity index (χ3v) is 5.45. The van der Waals surface area contributed by atoms with E-state index >= 15 is 0 Å². The summed E-state index contributed by atoms with van der Waals surface area (Å²) in [6, 6.07) is 6.77. The molecule has 0 saturated heterocycles. The summed E-state index contributed by atoms with van der Waals surface area (Å²) >= 11 is 7.12. The molecule has 0 unspecified atom stereocenters. The standard InChI is InChI=1S/C16H19ClN6O2S/c1-10(26-16-20-21-22-23(16)13-7-2-3-8-13)14(24)18-19-15(25)11-5-4-6-12(17)9-11/h4-6,9-10,13H,2-3,7-8H2,1H3,(H,18,24)(H,19,25)/t10-/m1/s1. The lowest BCUT2D eigenvalue weighted by Crippen LogP contribution is -2.45. The molecule has 0 radical (unpaired) electrons. The predicted octanol–water partition coefficient (Wildman–Crippen LogP) is 2.38. The van der Waals surface area contributed by atoms with Gasteiger partial charge in [0.1, 0.15) is 0 Å². The van der Waals surface area contributed by atoms with Crippen molar-refractivity contribution < 1.29 is 9.59 Å². The van der Waals surface area contributed by atoms with Gasteiger partial charge in [-0.2, -0.15) is 0 Å². The van der Waals surface area contributed by atoms with E-state index in [1.54, 1.807) is 29.8 Å². The summed E-state index contributed by atoms with van der Waals surface area (Å²) in [6.07, 6.45) is 4.43. The Hall–Kier alpha value is -2.13. The zero-order chi connectivity index (χ0) is 18.5. The maximum atomic E-state index is 12.3. The van der Waals surface area contributed by atoms with Crippen LogP contribution in [-0.4, -0.2) is 37.3 Å². The Balaban J connectivity index is 1.54. The van der Waals surface area contributed by atoms with Crippen LogP contribution in [0.3, 0.4) is 0 Å². The van der Waals surface area contributed by atoms with Crippen LogP contribution < -0.4 is 10.9 Å². The quantitative estimate of drug-likeness (QED) is 0.596. The Morgan fingerprint density at radius 3 is 2.81 bits per heavy atom. The average molecular weight is 395 g/mol. The number of hydrogen-bond acceptors (Lipinski definition) is 6. The minimum absolute atomic E-state index is 0.297. The van der Waals surface area contributed by atoms with Crippen molar-refractivity contribution in [1.82, 2.24) is 31.1 Å². The van der Waals surface area contributed by atoms with Crippen LogP contribution in [0.2, 0.25) is 5.02 Å².